The van der Waals surface area contributed by atoms with Gasteiger partial charge in [-0.1, -0.05) is 6.07 Å². The molecule has 0 aliphatic heterocycles. The van der Waals surface area contributed by atoms with Crippen molar-refractivity contribution in [2.45, 2.75) is 24.8 Å². The predicted molar refractivity (Wildman–Crippen MR) is 84.4 cm³/mol. The van der Waals surface area contributed by atoms with E-state index in [1.165, 1.54) is 6.07 Å². The Kier molecular flexibility index (Phi) is 7.45. The summed E-state index contributed by atoms with van der Waals surface area (Å²) in [6, 6.07) is 3.28. The van der Waals surface area contributed by atoms with Crippen LogP contribution in [0.4, 0.5) is 9.18 Å². The van der Waals surface area contributed by atoms with Gasteiger partial charge in [-0.25, -0.2) is 17.6 Å². The molecule has 0 radical (unpaired) electrons. The number of amides is 3. The van der Waals surface area contributed by atoms with E-state index in [4.69, 9.17) is 0 Å². The molecular weight excluding hydrogens is 357 g/mol. The zero-order chi connectivity index (χ0) is 19.0. The molecule has 0 heterocycles. The van der Waals surface area contributed by atoms with Crippen LogP contribution < -0.4 is 15.4 Å². The van der Waals surface area contributed by atoms with E-state index in [2.05, 4.69) is 10.1 Å². The molecule has 0 saturated heterocycles. The largest absolute Gasteiger partial charge is 0.455 e. The average Bonchev–Trinajstić information content (AvgIpc) is 2.50. The lowest BCUT2D eigenvalue weighted by molar-refractivity contribution is -0.147. The van der Waals surface area contributed by atoms with Crippen LogP contribution in [0.2, 0.25) is 0 Å². The van der Waals surface area contributed by atoms with Crippen molar-refractivity contribution in [3.63, 3.8) is 0 Å². The van der Waals surface area contributed by atoms with Gasteiger partial charge in [0.2, 0.25) is 10.0 Å². The number of rotatable bonds is 7. The highest BCUT2D eigenvalue weighted by Crippen LogP contribution is 2.09. The monoisotopic (exact) mass is 375 g/mol. The predicted octanol–water partition coefficient (Wildman–Crippen LogP) is -0.119. The minimum atomic E-state index is -4.10. The molecule has 0 fully saturated rings. The summed E-state index contributed by atoms with van der Waals surface area (Å²) in [6.07, 6.45) is 0. The molecule has 25 heavy (non-hydrogen) atoms. The fourth-order valence-corrected chi connectivity index (χ4v) is 2.53. The van der Waals surface area contributed by atoms with E-state index in [-0.39, 0.29) is 10.9 Å². The van der Waals surface area contributed by atoms with Gasteiger partial charge in [-0.15, -0.1) is 0 Å². The van der Waals surface area contributed by atoms with Gasteiger partial charge in [0, 0.05) is 6.04 Å². The Labute approximate surface area is 144 Å². The van der Waals surface area contributed by atoms with Crippen LogP contribution in [-0.4, -0.2) is 45.5 Å². The average molecular weight is 375 g/mol. The molecule has 9 nitrogen and oxygen atoms in total. The van der Waals surface area contributed by atoms with E-state index < -0.39 is 46.9 Å². The summed E-state index contributed by atoms with van der Waals surface area (Å²) < 4.78 is 43.2. The third-order valence-electron chi connectivity index (χ3n) is 2.55. The molecule has 0 atom stereocenters. The molecule has 0 saturated carbocycles. The van der Waals surface area contributed by atoms with Crippen LogP contribution >= 0.6 is 0 Å². The van der Waals surface area contributed by atoms with Gasteiger partial charge in [0.25, 0.3) is 5.91 Å². The van der Waals surface area contributed by atoms with Crippen molar-refractivity contribution in [1.29, 1.82) is 0 Å². The second kappa shape index (κ2) is 9.08. The van der Waals surface area contributed by atoms with E-state index >= 15 is 0 Å². The Morgan fingerprint density at radius 2 is 1.92 bits per heavy atom. The first kappa shape index (κ1) is 20.5. The molecule has 11 heteroatoms. The minimum absolute atomic E-state index is 0.187. The van der Waals surface area contributed by atoms with Crippen molar-refractivity contribution >= 4 is 27.9 Å². The van der Waals surface area contributed by atoms with Crippen LogP contribution in [0.5, 0.6) is 0 Å². The van der Waals surface area contributed by atoms with Crippen LogP contribution in [0, 0.1) is 5.82 Å². The third-order valence-corrected chi connectivity index (χ3v) is 3.95. The van der Waals surface area contributed by atoms with Crippen LogP contribution in [-0.2, 0) is 24.3 Å². The van der Waals surface area contributed by atoms with Gasteiger partial charge in [-0.3, -0.25) is 14.9 Å². The minimum Gasteiger partial charge on any atom is -0.455 e. The Bertz CT molecular complexity index is 751. The third kappa shape index (κ3) is 7.72. The van der Waals surface area contributed by atoms with Gasteiger partial charge in [-0.05, 0) is 32.0 Å². The van der Waals surface area contributed by atoms with Crippen LogP contribution in [0.3, 0.4) is 0 Å². The second-order valence-corrected chi connectivity index (χ2v) is 6.89. The highest BCUT2D eigenvalue weighted by molar-refractivity contribution is 7.89. The van der Waals surface area contributed by atoms with Gasteiger partial charge in [-0.2, -0.15) is 4.72 Å². The van der Waals surface area contributed by atoms with Crippen molar-refractivity contribution in [3.8, 4) is 0 Å². The smallest absolute Gasteiger partial charge is 0.321 e. The SMILES string of the molecule is CC(C)NC(=O)NC(=O)COC(=O)CNS(=O)(=O)c1cccc(F)c1. The normalized spacial score (nSPS) is 11.0. The molecule has 0 unspecified atom stereocenters. The number of halogens is 1. The van der Waals surface area contributed by atoms with E-state index in [0.29, 0.717) is 0 Å². The number of nitrogens with one attached hydrogen (secondary N) is 3. The maximum atomic E-state index is 13.0. The summed E-state index contributed by atoms with van der Waals surface area (Å²) in [5.41, 5.74) is 0. The van der Waals surface area contributed by atoms with E-state index in [0.717, 1.165) is 18.2 Å². The van der Waals surface area contributed by atoms with Crippen LogP contribution in [0.15, 0.2) is 29.2 Å². The zero-order valence-electron chi connectivity index (χ0n) is 13.5. The highest BCUT2D eigenvalue weighted by Gasteiger charge is 2.17. The maximum absolute atomic E-state index is 13.0. The second-order valence-electron chi connectivity index (χ2n) is 5.12. The molecule has 0 aromatic heterocycles. The van der Waals surface area contributed by atoms with Crippen molar-refractivity contribution in [2.24, 2.45) is 0 Å². The first-order valence-corrected chi connectivity index (χ1v) is 8.59. The van der Waals surface area contributed by atoms with Crippen molar-refractivity contribution in [2.75, 3.05) is 13.2 Å². The number of hydrogen-bond acceptors (Lipinski definition) is 6. The Morgan fingerprint density at radius 3 is 2.52 bits per heavy atom. The summed E-state index contributed by atoms with van der Waals surface area (Å²) in [5, 5.41) is 4.32. The number of sulfonamides is 1. The molecule has 0 bridgehead atoms. The summed E-state index contributed by atoms with van der Waals surface area (Å²) in [7, 11) is -4.10. The molecule has 3 amide bonds. The maximum Gasteiger partial charge on any atom is 0.321 e. The number of benzene rings is 1. The number of carbonyl (C=O) groups excluding carboxylic acids is 3. The molecule has 0 spiro atoms. The van der Waals surface area contributed by atoms with E-state index in [1.54, 1.807) is 13.8 Å². The molecule has 0 aliphatic rings. The van der Waals surface area contributed by atoms with Gasteiger partial charge in [0.05, 0.1) is 4.90 Å². The topological polar surface area (TPSA) is 131 Å². The quantitative estimate of drug-likeness (QED) is 0.570. The van der Waals surface area contributed by atoms with E-state index in [9.17, 15) is 27.2 Å². The summed E-state index contributed by atoms with van der Waals surface area (Å²) >= 11 is 0. The lowest BCUT2D eigenvalue weighted by Crippen LogP contribution is -2.44. The van der Waals surface area contributed by atoms with Crippen molar-refractivity contribution < 1.29 is 31.9 Å². The molecule has 3 N–H and O–H groups in total. The first-order valence-electron chi connectivity index (χ1n) is 7.11. The van der Waals surface area contributed by atoms with Gasteiger partial charge < -0.3 is 10.1 Å². The fraction of sp³-hybridized carbons (Fsp3) is 0.357. The highest BCUT2D eigenvalue weighted by atomic mass is 32.2. The molecular formula is C14H18FN3O6S. The summed E-state index contributed by atoms with van der Waals surface area (Å²) in [5.74, 6) is -2.67. The van der Waals surface area contributed by atoms with Crippen LogP contribution in [0.25, 0.3) is 0 Å². The zero-order valence-corrected chi connectivity index (χ0v) is 14.4. The summed E-state index contributed by atoms with van der Waals surface area (Å²) in [6.45, 7) is 1.86. The molecule has 1 rings (SSSR count). The lowest BCUT2D eigenvalue weighted by Gasteiger charge is -2.10. The van der Waals surface area contributed by atoms with Crippen molar-refractivity contribution in [1.82, 2.24) is 15.4 Å². The number of carbonyl (C=O) groups is 3. The lowest BCUT2D eigenvalue weighted by atomic mass is 10.4. The Balaban J connectivity index is 2.42. The van der Waals surface area contributed by atoms with E-state index in [1.807, 2.05) is 10.0 Å². The molecule has 1 aromatic rings. The number of esters is 1. The van der Waals surface area contributed by atoms with Gasteiger partial charge in [0.15, 0.2) is 6.61 Å². The van der Waals surface area contributed by atoms with Crippen LogP contribution in [0.1, 0.15) is 13.8 Å². The molecule has 1 aromatic carbocycles. The first-order chi connectivity index (χ1) is 11.6. The number of urea groups is 1. The standard InChI is InChI=1S/C14H18FN3O6S/c1-9(2)17-14(21)18-12(19)8-24-13(20)7-16-25(22,23)11-5-3-4-10(15)6-11/h3-6,9,16H,7-8H2,1-2H3,(H2,17,18,19,21). The van der Waals surface area contributed by atoms with Gasteiger partial charge >= 0.3 is 12.0 Å². The number of ether oxygens (including phenoxy) is 1. The number of hydrogen-bond donors (Lipinski definition) is 3. The fourth-order valence-electron chi connectivity index (χ4n) is 1.53. The van der Waals surface area contributed by atoms with Crippen molar-refractivity contribution in [3.05, 3.63) is 30.1 Å². The van der Waals surface area contributed by atoms with Gasteiger partial charge in [0.1, 0.15) is 12.4 Å². The summed E-state index contributed by atoms with van der Waals surface area (Å²) in [4.78, 5) is 33.7. The Morgan fingerprint density at radius 1 is 1.24 bits per heavy atom. The molecule has 138 valence electrons. The number of imide groups is 1. The Hall–Kier alpha value is -2.53. The molecule has 0 aliphatic carbocycles.